The van der Waals surface area contributed by atoms with Crippen molar-refractivity contribution < 1.29 is 0 Å². The van der Waals surface area contributed by atoms with E-state index in [2.05, 4.69) is 5.32 Å². The number of hydrogen-bond acceptors (Lipinski definition) is 2. The molecule has 0 spiro atoms. The van der Waals surface area contributed by atoms with E-state index in [0.717, 1.165) is 12.2 Å². The molecule has 0 heterocycles. The summed E-state index contributed by atoms with van der Waals surface area (Å²) in [6.07, 6.45) is 9.60. The molecule has 11 heavy (non-hydrogen) atoms. The zero-order chi connectivity index (χ0) is 8.53. The molecule has 2 nitrogen and oxygen atoms in total. The average Bonchev–Trinajstić information content (AvgIpc) is 1.99. The van der Waals surface area contributed by atoms with E-state index in [1.165, 1.54) is 0 Å². The summed E-state index contributed by atoms with van der Waals surface area (Å²) in [4.78, 5) is 0. The highest BCUT2D eigenvalue weighted by Crippen LogP contribution is 1.86. The van der Waals surface area contributed by atoms with Crippen molar-refractivity contribution in [3.05, 3.63) is 36.1 Å². The second-order valence-corrected chi connectivity index (χ2v) is 2.15. The third-order valence-corrected chi connectivity index (χ3v) is 1.11. The van der Waals surface area contributed by atoms with Gasteiger partial charge in [0, 0.05) is 12.2 Å². The Morgan fingerprint density at radius 2 is 2.27 bits per heavy atom. The first-order valence-corrected chi connectivity index (χ1v) is 3.71. The van der Waals surface area contributed by atoms with Crippen molar-refractivity contribution >= 4 is 0 Å². The van der Waals surface area contributed by atoms with Crippen LogP contribution in [0, 0.1) is 0 Å². The predicted octanol–water partition coefficient (Wildman–Crippen LogP) is 1.18. The van der Waals surface area contributed by atoms with Crippen molar-refractivity contribution in [3.8, 4) is 0 Å². The molecule has 62 valence electrons. The molecule has 0 rings (SSSR count). The lowest BCUT2D eigenvalue weighted by Gasteiger charge is -1.88. The van der Waals surface area contributed by atoms with Gasteiger partial charge in [-0.05, 0) is 26.1 Å². The second-order valence-electron chi connectivity index (χ2n) is 2.15. The molecule has 0 aliphatic rings. The number of hydrogen-bond donors (Lipinski definition) is 2. The van der Waals surface area contributed by atoms with Gasteiger partial charge < -0.3 is 11.1 Å². The van der Waals surface area contributed by atoms with Crippen LogP contribution in [0.3, 0.4) is 0 Å². The molecule has 0 aromatic rings. The van der Waals surface area contributed by atoms with Gasteiger partial charge >= 0.3 is 0 Å². The molecule has 0 aliphatic heterocycles. The van der Waals surface area contributed by atoms with E-state index < -0.39 is 0 Å². The number of likely N-dealkylation sites (N-methyl/N-ethyl adjacent to an activating group) is 1. The minimum Gasteiger partial charge on any atom is -0.399 e. The molecule has 0 atom stereocenters. The summed E-state index contributed by atoms with van der Waals surface area (Å²) in [6, 6.07) is 0. The fraction of sp³-hybridized carbons (Fsp3) is 0.333. The molecule has 0 unspecified atom stereocenters. The lowest BCUT2D eigenvalue weighted by molar-refractivity contribution is 0.919. The van der Waals surface area contributed by atoms with Gasteiger partial charge in [0.2, 0.25) is 0 Å². The fourth-order valence-corrected chi connectivity index (χ4v) is 0.613. The SMILES string of the molecule is C\C=C/C(N)=C\C=C\CNC. The largest absolute Gasteiger partial charge is 0.399 e. The van der Waals surface area contributed by atoms with Crippen LogP contribution in [0.4, 0.5) is 0 Å². The monoisotopic (exact) mass is 152 g/mol. The van der Waals surface area contributed by atoms with Gasteiger partial charge in [0.1, 0.15) is 0 Å². The Balaban J connectivity index is 3.71. The van der Waals surface area contributed by atoms with Gasteiger partial charge in [-0.2, -0.15) is 0 Å². The lowest BCUT2D eigenvalue weighted by atomic mass is 10.3. The molecule has 0 bridgehead atoms. The van der Waals surface area contributed by atoms with Gasteiger partial charge in [-0.1, -0.05) is 18.2 Å². The Morgan fingerprint density at radius 3 is 2.82 bits per heavy atom. The summed E-state index contributed by atoms with van der Waals surface area (Å²) in [5.41, 5.74) is 6.35. The molecule has 0 amide bonds. The van der Waals surface area contributed by atoms with Crippen molar-refractivity contribution in [2.75, 3.05) is 13.6 Å². The smallest absolute Gasteiger partial charge is 0.0310 e. The van der Waals surface area contributed by atoms with Gasteiger partial charge in [-0.15, -0.1) is 0 Å². The number of allylic oxidation sites excluding steroid dienone is 4. The van der Waals surface area contributed by atoms with E-state index in [4.69, 9.17) is 5.73 Å². The number of rotatable bonds is 4. The fourth-order valence-electron chi connectivity index (χ4n) is 0.613. The summed E-state index contributed by atoms with van der Waals surface area (Å²) in [6.45, 7) is 2.82. The van der Waals surface area contributed by atoms with Crippen LogP contribution < -0.4 is 11.1 Å². The molecular formula is C9H16N2. The Kier molecular flexibility index (Phi) is 6.43. The lowest BCUT2D eigenvalue weighted by Crippen LogP contribution is -2.03. The van der Waals surface area contributed by atoms with Crippen LogP contribution in [-0.4, -0.2) is 13.6 Å². The van der Waals surface area contributed by atoms with Crippen LogP contribution in [0.5, 0.6) is 0 Å². The predicted molar refractivity (Wildman–Crippen MR) is 50.2 cm³/mol. The van der Waals surface area contributed by atoms with Crippen LogP contribution in [0.25, 0.3) is 0 Å². The molecule has 0 aliphatic carbocycles. The van der Waals surface area contributed by atoms with Crippen LogP contribution in [0.15, 0.2) is 36.1 Å². The second kappa shape index (κ2) is 7.09. The molecule has 0 aromatic carbocycles. The first-order valence-electron chi connectivity index (χ1n) is 3.71. The maximum Gasteiger partial charge on any atom is 0.0310 e. The summed E-state index contributed by atoms with van der Waals surface area (Å²) < 4.78 is 0. The molecule has 0 radical (unpaired) electrons. The Hall–Kier alpha value is -1.02. The zero-order valence-corrected chi connectivity index (χ0v) is 7.17. The third kappa shape index (κ3) is 6.87. The molecule has 0 aromatic heterocycles. The van der Waals surface area contributed by atoms with Crippen LogP contribution >= 0.6 is 0 Å². The third-order valence-electron chi connectivity index (χ3n) is 1.11. The van der Waals surface area contributed by atoms with E-state index >= 15 is 0 Å². The number of nitrogens with one attached hydrogen (secondary N) is 1. The molecule has 0 saturated heterocycles. The van der Waals surface area contributed by atoms with Gasteiger partial charge in [0.25, 0.3) is 0 Å². The maximum absolute atomic E-state index is 5.57. The van der Waals surface area contributed by atoms with Crippen molar-refractivity contribution in [1.29, 1.82) is 0 Å². The summed E-state index contributed by atoms with van der Waals surface area (Å²) in [5.74, 6) is 0. The molecular weight excluding hydrogens is 136 g/mol. The normalized spacial score (nSPS) is 13.5. The molecule has 3 N–H and O–H groups in total. The molecule has 0 saturated carbocycles. The first-order chi connectivity index (χ1) is 5.31. The minimum absolute atomic E-state index is 0.778. The van der Waals surface area contributed by atoms with E-state index in [9.17, 15) is 0 Å². The Labute approximate surface area is 68.5 Å². The first kappa shape index (κ1) is 9.98. The quantitative estimate of drug-likeness (QED) is 0.594. The summed E-state index contributed by atoms with van der Waals surface area (Å²) in [7, 11) is 1.91. The molecule has 2 heteroatoms. The van der Waals surface area contributed by atoms with Crippen molar-refractivity contribution in [1.82, 2.24) is 5.32 Å². The van der Waals surface area contributed by atoms with E-state index in [0.29, 0.717) is 0 Å². The highest BCUT2D eigenvalue weighted by molar-refractivity contribution is 5.20. The van der Waals surface area contributed by atoms with Gasteiger partial charge in [-0.25, -0.2) is 0 Å². The average molecular weight is 152 g/mol. The maximum atomic E-state index is 5.57. The zero-order valence-electron chi connectivity index (χ0n) is 7.17. The van der Waals surface area contributed by atoms with Gasteiger partial charge in [0.15, 0.2) is 0 Å². The summed E-state index contributed by atoms with van der Waals surface area (Å²) >= 11 is 0. The Bertz CT molecular complexity index is 166. The van der Waals surface area contributed by atoms with Crippen molar-refractivity contribution in [2.24, 2.45) is 5.73 Å². The van der Waals surface area contributed by atoms with Crippen LogP contribution in [-0.2, 0) is 0 Å². The van der Waals surface area contributed by atoms with Crippen LogP contribution in [0.2, 0.25) is 0 Å². The van der Waals surface area contributed by atoms with E-state index in [1.54, 1.807) is 0 Å². The Morgan fingerprint density at radius 1 is 1.55 bits per heavy atom. The highest BCUT2D eigenvalue weighted by atomic mass is 14.8. The van der Waals surface area contributed by atoms with Crippen LogP contribution in [0.1, 0.15) is 6.92 Å². The van der Waals surface area contributed by atoms with E-state index in [-0.39, 0.29) is 0 Å². The van der Waals surface area contributed by atoms with Gasteiger partial charge in [0.05, 0.1) is 0 Å². The summed E-state index contributed by atoms with van der Waals surface area (Å²) in [5, 5.41) is 3.00. The highest BCUT2D eigenvalue weighted by Gasteiger charge is 1.75. The van der Waals surface area contributed by atoms with Crippen molar-refractivity contribution in [3.63, 3.8) is 0 Å². The molecule has 0 fully saturated rings. The standard InChI is InChI=1S/C9H16N2/c1-3-6-9(10)7-4-5-8-11-2/h3-7,11H,8,10H2,1-2H3/b5-4+,6-3-,9-7+. The topological polar surface area (TPSA) is 38.0 Å². The minimum atomic E-state index is 0.778. The number of nitrogens with two attached hydrogens (primary N) is 1. The van der Waals surface area contributed by atoms with E-state index in [1.807, 2.05) is 44.4 Å². The van der Waals surface area contributed by atoms with Crippen molar-refractivity contribution in [2.45, 2.75) is 6.92 Å². The van der Waals surface area contributed by atoms with Gasteiger partial charge in [-0.3, -0.25) is 0 Å².